The van der Waals surface area contributed by atoms with E-state index in [2.05, 4.69) is 30.1 Å². The van der Waals surface area contributed by atoms with Crippen LogP contribution in [0.15, 0.2) is 43.0 Å². The lowest BCUT2D eigenvalue weighted by molar-refractivity contribution is -0.0352. The maximum Gasteiger partial charge on any atom is 0.407 e. The molecule has 0 bridgehead atoms. The number of alkyl carbamates (subject to hydrolysis) is 1. The van der Waals surface area contributed by atoms with Gasteiger partial charge in [0.1, 0.15) is 35.3 Å². The van der Waals surface area contributed by atoms with Crippen molar-refractivity contribution >= 4 is 17.8 Å². The molecule has 4 heterocycles. The van der Waals surface area contributed by atoms with Crippen LogP contribution >= 0.6 is 0 Å². The predicted octanol–water partition coefficient (Wildman–Crippen LogP) is 5.85. The van der Waals surface area contributed by atoms with Crippen molar-refractivity contribution in [1.29, 1.82) is 0 Å². The van der Waals surface area contributed by atoms with E-state index in [-0.39, 0.29) is 36.2 Å². The van der Waals surface area contributed by atoms with E-state index >= 15 is 0 Å². The third-order valence-corrected chi connectivity index (χ3v) is 9.49. The minimum Gasteiger partial charge on any atom is -0.490 e. The molecule has 3 aliphatic rings. The van der Waals surface area contributed by atoms with Gasteiger partial charge in [-0.2, -0.15) is 0 Å². The quantitative estimate of drug-likeness (QED) is 0.262. The molecule has 0 atom stereocenters. The molecule has 3 aromatic rings. The van der Waals surface area contributed by atoms with E-state index in [1.807, 2.05) is 53.8 Å². The summed E-state index contributed by atoms with van der Waals surface area (Å²) in [6, 6.07) is 5.90. The lowest BCUT2D eigenvalue weighted by atomic mass is 9.61. The number of hydrogen-bond acceptors (Lipinski definition) is 10. The lowest BCUT2D eigenvalue weighted by Crippen LogP contribution is -2.65. The Kier molecular flexibility index (Phi) is 10.2. The molecular weight excluding hydrogens is 641 g/mol. The van der Waals surface area contributed by atoms with Crippen LogP contribution < -0.4 is 19.7 Å². The Bertz CT molecular complexity index is 1710. The molecule has 0 radical (unpaired) electrons. The van der Waals surface area contributed by atoms with Crippen molar-refractivity contribution < 1.29 is 29.6 Å². The zero-order valence-electron chi connectivity index (χ0n) is 29.9. The first-order chi connectivity index (χ1) is 23.8. The van der Waals surface area contributed by atoms with Gasteiger partial charge < -0.3 is 29.3 Å². The van der Waals surface area contributed by atoms with Gasteiger partial charge in [0.2, 0.25) is 0 Å². The van der Waals surface area contributed by atoms with Gasteiger partial charge >= 0.3 is 6.09 Å². The van der Waals surface area contributed by atoms with E-state index in [9.17, 15) is 14.0 Å². The first-order valence-corrected chi connectivity index (χ1v) is 17.5. The van der Waals surface area contributed by atoms with Gasteiger partial charge in [0, 0.05) is 82.6 Å². The number of anilines is 1. The predicted molar refractivity (Wildman–Crippen MR) is 188 cm³/mol. The number of nitrogens with zero attached hydrogens (tertiary/aromatic N) is 6. The summed E-state index contributed by atoms with van der Waals surface area (Å²) in [6.45, 7) is 16.2. The minimum absolute atomic E-state index is 0. The molecule has 1 spiro atoms. The summed E-state index contributed by atoms with van der Waals surface area (Å²) < 4.78 is 32.5. The number of fused-ring (bicyclic) bond motifs is 1. The maximum atomic E-state index is 14.3. The van der Waals surface area contributed by atoms with Crippen molar-refractivity contribution in [2.45, 2.75) is 85.1 Å². The summed E-state index contributed by atoms with van der Waals surface area (Å²) in [6.07, 6.45) is 7.26. The summed E-state index contributed by atoms with van der Waals surface area (Å²) in [7, 11) is 0. The molecule has 2 fully saturated rings. The van der Waals surface area contributed by atoms with Crippen LogP contribution in [0.1, 0.15) is 77.4 Å². The molecule has 1 aromatic carbocycles. The smallest absolute Gasteiger partial charge is 0.407 e. The van der Waals surface area contributed by atoms with Gasteiger partial charge in [0.05, 0.1) is 11.8 Å². The monoisotopic (exact) mass is 691 g/mol. The lowest BCUT2D eigenvalue weighted by Gasteiger charge is -2.59. The summed E-state index contributed by atoms with van der Waals surface area (Å²) >= 11 is 0. The second-order valence-corrected chi connectivity index (χ2v) is 14.8. The summed E-state index contributed by atoms with van der Waals surface area (Å²) in [5.41, 5.74) is 1.93. The van der Waals surface area contributed by atoms with Gasteiger partial charge in [-0.15, -0.1) is 0 Å². The fourth-order valence-corrected chi connectivity index (χ4v) is 7.13. The molecule has 12 nitrogen and oxygen atoms in total. The van der Waals surface area contributed by atoms with Crippen LogP contribution in [0.3, 0.4) is 0 Å². The van der Waals surface area contributed by atoms with Gasteiger partial charge in [-0.05, 0) is 78.6 Å². The number of benzene rings is 1. The molecule has 2 amide bonds. The Balaban J connectivity index is 0.00000504. The molecule has 2 aromatic heterocycles. The first-order valence-electron chi connectivity index (χ1n) is 17.5. The number of halogens is 1. The zero-order valence-corrected chi connectivity index (χ0v) is 29.9. The van der Waals surface area contributed by atoms with E-state index in [0.717, 1.165) is 55.9 Å². The Labute approximate surface area is 294 Å². The molecule has 6 rings (SSSR count). The molecule has 0 unspecified atom stereocenters. The number of ether oxygens (including phenoxy) is 3. The Morgan fingerprint density at radius 1 is 1.14 bits per heavy atom. The molecule has 1 N–H and O–H groups in total. The third kappa shape index (κ3) is 7.93. The topological polar surface area (TPSA) is 122 Å². The van der Waals surface area contributed by atoms with E-state index in [4.69, 9.17) is 14.2 Å². The maximum absolute atomic E-state index is 14.3. The van der Waals surface area contributed by atoms with Crippen LogP contribution in [0, 0.1) is 11.2 Å². The molecule has 1 saturated heterocycles. The molecule has 2 aliphatic heterocycles. The normalized spacial score (nSPS) is 17.1. The van der Waals surface area contributed by atoms with Crippen molar-refractivity contribution in [1.82, 2.24) is 30.1 Å². The summed E-state index contributed by atoms with van der Waals surface area (Å²) in [5.74, 6) is 1.39. The van der Waals surface area contributed by atoms with E-state index in [0.29, 0.717) is 37.7 Å². The number of carbonyl (C=O) groups excluding carboxylic acids is 2. The van der Waals surface area contributed by atoms with Gasteiger partial charge in [-0.25, -0.2) is 19.2 Å². The fraction of sp³-hybridized carbons (Fsp3) is 0.541. The molecule has 1 saturated carbocycles. The highest BCUT2D eigenvalue weighted by molar-refractivity contribution is 5.97. The van der Waals surface area contributed by atoms with Crippen LogP contribution in [0.25, 0.3) is 0 Å². The number of carbonyl (C=O) groups is 2. The third-order valence-electron chi connectivity index (χ3n) is 9.49. The number of hydrogen-bond donors (Lipinski definition) is 1. The number of nitrogens with one attached hydrogen (secondary N) is 1. The molecule has 50 heavy (non-hydrogen) atoms. The molecule has 1 aliphatic carbocycles. The van der Waals surface area contributed by atoms with Gasteiger partial charge in [0.15, 0.2) is 11.6 Å². The fourth-order valence-electron chi connectivity index (χ4n) is 7.13. The second kappa shape index (κ2) is 14.4. The molecule has 270 valence electrons. The number of aromatic nitrogens is 3. The number of amides is 2. The van der Waals surface area contributed by atoms with Crippen molar-refractivity contribution in [3.63, 3.8) is 0 Å². The van der Waals surface area contributed by atoms with Crippen molar-refractivity contribution in [3.05, 3.63) is 65.6 Å². The van der Waals surface area contributed by atoms with Crippen LogP contribution in [0.2, 0.25) is 0 Å². The Morgan fingerprint density at radius 2 is 1.92 bits per heavy atom. The SMILES string of the molecule is CCN(C(=O)c1cc(F)ccc1Oc1cncnc1N1CC2(CC(Oc3ccnc4c3CN(CCNC(=O)OC(C)(C)C)CC4)C2)C1)C(C)C.[HH]. The van der Waals surface area contributed by atoms with E-state index in [1.54, 1.807) is 11.1 Å². The van der Waals surface area contributed by atoms with Crippen LogP contribution in [0.4, 0.5) is 15.0 Å². The summed E-state index contributed by atoms with van der Waals surface area (Å²) in [5, 5.41) is 2.85. The van der Waals surface area contributed by atoms with Crippen molar-refractivity contribution in [3.8, 4) is 17.2 Å². The van der Waals surface area contributed by atoms with Crippen molar-refractivity contribution in [2.75, 3.05) is 44.2 Å². The Hall–Kier alpha value is -4.52. The van der Waals surface area contributed by atoms with Gasteiger partial charge in [0.25, 0.3) is 5.91 Å². The second-order valence-electron chi connectivity index (χ2n) is 14.8. The Morgan fingerprint density at radius 3 is 2.64 bits per heavy atom. The first kappa shape index (κ1) is 35.3. The molecule has 13 heteroatoms. The highest BCUT2D eigenvalue weighted by atomic mass is 19.1. The van der Waals surface area contributed by atoms with Crippen LogP contribution in [-0.4, -0.2) is 93.8 Å². The number of pyridine rings is 1. The van der Waals surface area contributed by atoms with E-state index in [1.165, 1.54) is 24.5 Å². The van der Waals surface area contributed by atoms with Gasteiger partial charge in [-0.1, -0.05) is 0 Å². The zero-order chi connectivity index (χ0) is 35.6. The van der Waals surface area contributed by atoms with Crippen LogP contribution in [0.5, 0.6) is 17.2 Å². The highest BCUT2D eigenvalue weighted by Crippen LogP contribution is 2.52. The molecular formula is C37H50FN7O5. The summed E-state index contributed by atoms with van der Waals surface area (Å²) in [4.78, 5) is 44.9. The average molecular weight is 692 g/mol. The van der Waals surface area contributed by atoms with E-state index < -0.39 is 17.5 Å². The number of rotatable bonds is 11. The van der Waals surface area contributed by atoms with Crippen molar-refractivity contribution in [2.24, 2.45) is 5.41 Å². The van der Waals surface area contributed by atoms with Crippen LogP contribution in [-0.2, 0) is 17.7 Å². The standard InChI is InChI=1S/C37H48FN7O5.H2/c1-7-45(24(2)3)34(46)27-16-25(38)8-9-30(27)49-32-19-39-23-42-33(32)44-21-37(22-44)17-26(18-37)48-31-10-12-40-29-11-14-43(20-28(29)31)15-13-41-35(47)50-36(4,5)6;/h8-10,12,16,19,23-24,26H,7,11,13-15,17-18,20-22H2,1-6H3,(H,41,47);1H. The highest BCUT2D eigenvalue weighted by Gasteiger charge is 2.54. The van der Waals surface area contributed by atoms with Gasteiger partial charge in [-0.3, -0.25) is 14.7 Å². The minimum atomic E-state index is -0.528. The average Bonchev–Trinajstić information content (AvgIpc) is 3.02. The largest absolute Gasteiger partial charge is 0.490 e.